The van der Waals surface area contributed by atoms with Gasteiger partial charge >= 0.3 is 18.0 Å². The Kier molecular flexibility index (Phi) is 6.98. The largest absolute Gasteiger partial charge is 0.463 e. The first kappa shape index (κ1) is 20.5. The van der Waals surface area contributed by atoms with Crippen LogP contribution in [0.3, 0.4) is 0 Å². The van der Waals surface area contributed by atoms with Crippen molar-refractivity contribution in [2.45, 2.75) is 40.2 Å². The van der Waals surface area contributed by atoms with Crippen LogP contribution < -0.4 is 10.6 Å². The molecule has 2 amide bonds. The number of rotatable bonds is 7. The molecule has 1 aliphatic heterocycles. The van der Waals surface area contributed by atoms with E-state index in [4.69, 9.17) is 9.47 Å². The van der Waals surface area contributed by atoms with Crippen LogP contribution in [0.4, 0.5) is 4.79 Å². The predicted octanol–water partition coefficient (Wildman–Crippen LogP) is 2.56. The molecular formula is C20H26N2O5. The van der Waals surface area contributed by atoms with Crippen LogP contribution in [0.25, 0.3) is 0 Å². The van der Waals surface area contributed by atoms with Gasteiger partial charge in [0.25, 0.3) is 0 Å². The van der Waals surface area contributed by atoms with Gasteiger partial charge in [0.2, 0.25) is 0 Å². The van der Waals surface area contributed by atoms with Crippen molar-refractivity contribution < 1.29 is 23.9 Å². The molecule has 0 unspecified atom stereocenters. The zero-order valence-corrected chi connectivity index (χ0v) is 16.1. The average molecular weight is 374 g/mol. The normalized spacial score (nSPS) is 16.6. The summed E-state index contributed by atoms with van der Waals surface area (Å²) in [7, 11) is 0. The van der Waals surface area contributed by atoms with Gasteiger partial charge in [-0.25, -0.2) is 14.4 Å². The van der Waals surface area contributed by atoms with Gasteiger partial charge in [0.05, 0.1) is 29.5 Å². The summed E-state index contributed by atoms with van der Waals surface area (Å²) in [6.07, 6.45) is 0.933. The van der Waals surface area contributed by atoms with E-state index in [1.165, 1.54) is 0 Å². The number of ether oxygens (including phenoxy) is 2. The van der Waals surface area contributed by atoms with Gasteiger partial charge in [-0.2, -0.15) is 0 Å². The lowest BCUT2D eigenvalue weighted by atomic mass is 10.0. The molecule has 1 aromatic rings. The van der Waals surface area contributed by atoms with Crippen LogP contribution in [0.1, 0.15) is 43.6 Å². The smallest absolute Gasteiger partial charge is 0.338 e. The van der Waals surface area contributed by atoms with Gasteiger partial charge in [0.1, 0.15) is 6.61 Å². The Bertz CT molecular complexity index is 737. The monoisotopic (exact) mass is 374 g/mol. The average Bonchev–Trinajstić information content (AvgIpc) is 2.59. The van der Waals surface area contributed by atoms with E-state index in [1.54, 1.807) is 26.0 Å². The highest BCUT2D eigenvalue weighted by molar-refractivity contribution is 5.95. The number of carbonyl (C=O) groups excluding carboxylic acids is 3. The molecule has 0 radical (unpaired) electrons. The molecule has 0 saturated carbocycles. The molecule has 0 spiro atoms. The number of esters is 2. The number of hydrogen-bond donors (Lipinski definition) is 2. The van der Waals surface area contributed by atoms with Gasteiger partial charge in [0, 0.05) is 0 Å². The highest BCUT2D eigenvalue weighted by Crippen LogP contribution is 2.16. The molecular weight excluding hydrogens is 348 g/mol. The van der Waals surface area contributed by atoms with Crippen molar-refractivity contribution in [1.29, 1.82) is 0 Å². The number of hydrogen-bond acceptors (Lipinski definition) is 5. The van der Waals surface area contributed by atoms with E-state index >= 15 is 0 Å². The molecule has 1 aromatic carbocycles. The SMILES string of the molecule is CCOC(=O)C1=C(COC(=O)c2ccc(CC(C)C)cc2)NC(=O)N[C@H]1C. The molecule has 7 heteroatoms. The van der Waals surface area contributed by atoms with Crippen molar-refractivity contribution in [3.8, 4) is 0 Å². The number of urea groups is 1. The van der Waals surface area contributed by atoms with Crippen LogP contribution >= 0.6 is 0 Å². The summed E-state index contributed by atoms with van der Waals surface area (Å²) in [5.74, 6) is -0.551. The van der Waals surface area contributed by atoms with E-state index in [-0.39, 0.29) is 24.5 Å². The third kappa shape index (κ3) is 5.57. The summed E-state index contributed by atoms with van der Waals surface area (Å²) >= 11 is 0. The maximum Gasteiger partial charge on any atom is 0.338 e. The van der Waals surface area contributed by atoms with Crippen LogP contribution in [0.2, 0.25) is 0 Å². The number of amides is 2. The van der Waals surface area contributed by atoms with Crippen LogP contribution in [0.5, 0.6) is 0 Å². The Labute approximate surface area is 159 Å². The summed E-state index contributed by atoms with van der Waals surface area (Å²) in [5, 5.41) is 5.12. The zero-order chi connectivity index (χ0) is 20.0. The summed E-state index contributed by atoms with van der Waals surface area (Å²) in [4.78, 5) is 36.2. The molecule has 0 bridgehead atoms. The van der Waals surface area contributed by atoms with Gasteiger partial charge < -0.3 is 20.1 Å². The fraction of sp³-hybridized carbons (Fsp3) is 0.450. The summed E-state index contributed by atoms with van der Waals surface area (Å²) in [6.45, 7) is 7.61. The third-order valence-corrected chi connectivity index (χ3v) is 4.05. The maximum absolute atomic E-state index is 12.3. The molecule has 0 aliphatic carbocycles. The second-order valence-electron chi connectivity index (χ2n) is 6.80. The lowest BCUT2D eigenvalue weighted by molar-refractivity contribution is -0.139. The van der Waals surface area contributed by atoms with Crippen molar-refractivity contribution >= 4 is 18.0 Å². The molecule has 0 aromatic heterocycles. The highest BCUT2D eigenvalue weighted by Gasteiger charge is 2.30. The van der Waals surface area contributed by atoms with Crippen molar-refractivity contribution in [3.05, 3.63) is 46.7 Å². The van der Waals surface area contributed by atoms with E-state index in [1.807, 2.05) is 12.1 Å². The Balaban J connectivity index is 2.09. The lowest BCUT2D eigenvalue weighted by Gasteiger charge is -2.26. The molecule has 146 valence electrons. The number of benzene rings is 1. The van der Waals surface area contributed by atoms with Crippen LogP contribution in [0.15, 0.2) is 35.5 Å². The molecule has 0 fully saturated rings. The van der Waals surface area contributed by atoms with Crippen LogP contribution in [-0.2, 0) is 20.7 Å². The minimum Gasteiger partial charge on any atom is -0.463 e. The number of carbonyl (C=O) groups is 3. The second-order valence-corrected chi connectivity index (χ2v) is 6.80. The Morgan fingerprint density at radius 1 is 1.11 bits per heavy atom. The maximum atomic E-state index is 12.3. The van der Waals surface area contributed by atoms with E-state index in [0.717, 1.165) is 12.0 Å². The minimum atomic E-state index is -0.554. The van der Waals surface area contributed by atoms with Gasteiger partial charge in [-0.1, -0.05) is 26.0 Å². The fourth-order valence-electron chi connectivity index (χ4n) is 2.86. The van der Waals surface area contributed by atoms with Gasteiger partial charge in [-0.05, 0) is 43.9 Å². The lowest BCUT2D eigenvalue weighted by Crippen LogP contribution is -2.50. The molecule has 2 N–H and O–H groups in total. The van der Waals surface area contributed by atoms with E-state index in [2.05, 4.69) is 24.5 Å². The number of nitrogens with one attached hydrogen (secondary N) is 2. The van der Waals surface area contributed by atoms with Crippen LogP contribution in [-0.4, -0.2) is 37.2 Å². The van der Waals surface area contributed by atoms with Crippen LogP contribution in [0, 0.1) is 5.92 Å². The molecule has 1 atom stereocenters. The van der Waals surface area contributed by atoms with Crippen molar-refractivity contribution in [2.75, 3.05) is 13.2 Å². The molecule has 1 heterocycles. The fourth-order valence-corrected chi connectivity index (χ4v) is 2.86. The van der Waals surface area contributed by atoms with Gasteiger partial charge in [-0.3, -0.25) is 0 Å². The first-order chi connectivity index (χ1) is 12.8. The molecule has 0 saturated heterocycles. The third-order valence-electron chi connectivity index (χ3n) is 4.05. The molecule has 27 heavy (non-hydrogen) atoms. The Morgan fingerprint density at radius 3 is 2.37 bits per heavy atom. The predicted molar refractivity (Wildman–Crippen MR) is 100 cm³/mol. The first-order valence-electron chi connectivity index (χ1n) is 9.05. The Morgan fingerprint density at radius 2 is 1.78 bits per heavy atom. The second kappa shape index (κ2) is 9.21. The summed E-state index contributed by atoms with van der Waals surface area (Å²) < 4.78 is 10.3. The van der Waals surface area contributed by atoms with Crippen molar-refractivity contribution in [3.63, 3.8) is 0 Å². The standard InChI is InChI=1S/C20H26N2O5/c1-5-26-19(24)17-13(4)21-20(25)22-16(17)11-27-18(23)15-8-6-14(7-9-15)10-12(2)3/h6-9,12-13H,5,10-11H2,1-4H3,(H2,21,22,25)/t13-/m0/s1. The van der Waals surface area contributed by atoms with Crippen molar-refractivity contribution in [2.24, 2.45) is 5.92 Å². The van der Waals surface area contributed by atoms with Crippen molar-refractivity contribution in [1.82, 2.24) is 10.6 Å². The summed E-state index contributed by atoms with van der Waals surface area (Å²) in [5.41, 5.74) is 2.04. The Hall–Kier alpha value is -2.83. The quantitative estimate of drug-likeness (QED) is 0.716. The first-order valence-corrected chi connectivity index (χ1v) is 9.05. The van der Waals surface area contributed by atoms with E-state index < -0.39 is 24.0 Å². The van der Waals surface area contributed by atoms with E-state index in [9.17, 15) is 14.4 Å². The van der Waals surface area contributed by atoms with E-state index in [0.29, 0.717) is 11.5 Å². The minimum absolute atomic E-state index is 0.207. The molecule has 1 aliphatic rings. The molecule has 2 rings (SSSR count). The topological polar surface area (TPSA) is 93.7 Å². The molecule has 7 nitrogen and oxygen atoms in total. The summed E-state index contributed by atoms with van der Waals surface area (Å²) in [6, 6.07) is 6.22. The van der Waals surface area contributed by atoms with Gasteiger partial charge in [-0.15, -0.1) is 0 Å². The highest BCUT2D eigenvalue weighted by atomic mass is 16.5. The zero-order valence-electron chi connectivity index (χ0n) is 16.1. The van der Waals surface area contributed by atoms with Gasteiger partial charge in [0.15, 0.2) is 0 Å².